The number of esters is 2. The van der Waals surface area contributed by atoms with Crippen LogP contribution in [0.2, 0.25) is 0 Å². The summed E-state index contributed by atoms with van der Waals surface area (Å²) in [4.78, 5) is 23.5. The van der Waals surface area contributed by atoms with Gasteiger partial charge in [0.2, 0.25) is 0 Å². The lowest BCUT2D eigenvalue weighted by atomic mass is 9.90. The van der Waals surface area contributed by atoms with Crippen molar-refractivity contribution in [1.29, 1.82) is 0 Å². The van der Waals surface area contributed by atoms with Crippen molar-refractivity contribution in [3.8, 4) is 0 Å². The minimum atomic E-state index is -0.0313. The number of hydrogen-bond acceptors (Lipinski definition) is 4. The molecule has 0 saturated heterocycles. The highest BCUT2D eigenvalue weighted by Crippen LogP contribution is 2.21. The molecule has 0 saturated carbocycles. The zero-order chi connectivity index (χ0) is 21.7. The molecule has 0 spiro atoms. The summed E-state index contributed by atoms with van der Waals surface area (Å²) in [6.07, 6.45) is 16.6. The van der Waals surface area contributed by atoms with E-state index in [4.69, 9.17) is 9.47 Å². The van der Waals surface area contributed by atoms with Crippen LogP contribution in [0.3, 0.4) is 0 Å². The van der Waals surface area contributed by atoms with E-state index in [0.29, 0.717) is 25.6 Å². The quantitative estimate of drug-likeness (QED) is 0.156. The highest BCUT2D eigenvalue weighted by Gasteiger charge is 2.21. The molecule has 0 aromatic rings. The molecule has 0 rings (SSSR count). The van der Waals surface area contributed by atoms with Crippen molar-refractivity contribution in [3.63, 3.8) is 0 Å². The molecule has 0 aliphatic heterocycles. The summed E-state index contributed by atoms with van der Waals surface area (Å²) in [5, 5.41) is 0. The van der Waals surface area contributed by atoms with Crippen molar-refractivity contribution >= 4 is 11.9 Å². The van der Waals surface area contributed by atoms with Crippen molar-refractivity contribution in [2.45, 2.75) is 124 Å². The Morgan fingerprint density at radius 1 is 0.655 bits per heavy atom. The van der Waals surface area contributed by atoms with Crippen LogP contribution < -0.4 is 0 Å². The number of hydrogen-bond donors (Lipinski definition) is 0. The lowest BCUT2D eigenvalue weighted by Crippen LogP contribution is -2.22. The first kappa shape index (κ1) is 27.9. The van der Waals surface area contributed by atoms with E-state index >= 15 is 0 Å². The summed E-state index contributed by atoms with van der Waals surface area (Å²) >= 11 is 0. The first-order chi connectivity index (χ1) is 14.0. The van der Waals surface area contributed by atoms with Crippen LogP contribution in [0.1, 0.15) is 124 Å². The Labute approximate surface area is 180 Å². The SMILES string of the molecule is CCCCOC(=O)CCCCCCCCCCCC(C)C(C)C(=O)OCCCC. The second kappa shape index (κ2) is 20.2. The monoisotopic (exact) mass is 412 g/mol. The average Bonchev–Trinajstić information content (AvgIpc) is 2.71. The maximum Gasteiger partial charge on any atom is 0.308 e. The molecule has 4 nitrogen and oxygen atoms in total. The van der Waals surface area contributed by atoms with Gasteiger partial charge in [-0.15, -0.1) is 0 Å². The standard InChI is InChI=1S/C25H48O4/c1-5-7-20-28-24(26)19-17-15-13-11-9-10-12-14-16-18-22(3)23(4)25(27)29-21-8-6-2/h22-23H,5-21H2,1-4H3. The molecule has 2 unspecified atom stereocenters. The topological polar surface area (TPSA) is 52.6 Å². The predicted molar refractivity (Wildman–Crippen MR) is 121 cm³/mol. The largest absolute Gasteiger partial charge is 0.466 e. The van der Waals surface area contributed by atoms with Crippen LogP contribution in [-0.2, 0) is 19.1 Å². The van der Waals surface area contributed by atoms with Crippen LogP contribution in [0, 0.1) is 11.8 Å². The third kappa shape index (κ3) is 17.5. The first-order valence-corrected chi connectivity index (χ1v) is 12.3. The Bertz CT molecular complexity index is 394. The van der Waals surface area contributed by atoms with Gasteiger partial charge in [0.1, 0.15) is 0 Å². The van der Waals surface area contributed by atoms with Crippen LogP contribution in [0.4, 0.5) is 0 Å². The molecule has 0 aliphatic rings. The predicted octanol–water partition coefficient (Wildman–Crippen LogP) is 7.24. The first-order valence-electron chi connectivity index (χ1n) is 12.3. The molecule has 0 aromatic carbocycles. The van der Waals surface area contributed by atoms with Crippen LogP contribution >= 0.6 is 0 Å². The molecular weight excluding hydrogens is 364 g/mol. The molecule has 2 atom stereocenters. The second-order valence-electron chi connectivity index (χ2n) is 8.58. The Morgan fingerprint density at radius 3 is 1.69 bits per heavy atom. The number of carbonyl (C=O) groups excluding carboxylic acids is 2. The van der Waals surface area contributed by atoms with Crippen molar-refractivity contribution in [3.05, 3.63) is 0 Å². The van der Waals surface area contributed by atoms with E-state index in [2.05, 4.69) is 20.8 Å². The molecule has 0 heterocycles. The number of ether oxygens (including phenoxy) is 2. The molecule has 172 valence electrons. The maximum absolute atomic E-state index is 12.0. The van der Waals surface area contributed by atoms with Crippen LogP contribution in [0.25, 0.3) is 0 Å². The van der Waals surface area contributed by atoms with Gasteiger partial charge in [-0.1, -0.05) is 91.9 Å². The minimum absolute atomic E-state index is 0.00998. The summed E-state index contributed by atoms with van der Waals surface area (Å²) in [7, 11) is 0. The van der Waals surface area contributed by atoms with Gasteiger partial charge in [0.15, 0.2) is 0 Å². The van der Waals surface area contributed by atoms with E-state index in [1.807, 2.05) is 6.92 Å². The lowest BCUT2D eigenvalue weighted by Gasteiger charge is -2.18. The Morgan fingerprint density at radius 2 is 1.14 bits per heavy atom. The highest BCUT2D eigenvalue weighted by molar-refractivity contribution is 5.72. The van der Waals surface area contributed by atoms with Gasteiger partial charge >= 0.3 is 11.9 Å². The maximum atomic E-state index is 12.0. The van der Waals surface area contributed by atoms with Gasteiger partial charge in [0, 0.05) is 6.42 Å². The number of unbranched alkanes of at least 4 members (excludes halogenated alkanes) is 10. The van der Waals surface area contributed by atoms with Gasteiger partial charge in [0.05, 0.1) is 19.1 Å². The molecule has 0 radical (unpaired) electrons. The molecule has 29 heavy (non-hydrogen) atoms. The zero-order valence-electron chi connectivity index (χ0n) is 19.8. The minimum Gasteiger partial charge on any atom is -0.466 e. The van der Waals surface area contributed by atoms with Gasteiger partial charge in [0.25, 0.3) is 0 Å². The summed E-state index contributed by atoms with van der Waals surface area (Å²) in [5.74, 6) is 0.352. The van der Waals surface area contributed by atoms with E-state index in [1.165, 1.54) is 44.9 Å². The van der Waals surface area contributed by atoms with Gasteiger partial charge < -0.3 is 9.47 Å². The lowest BCUT2D eigenvalue weighted by molar-refractivity contribution is -0.150. The molecule has 0 N–H and O–H groups in total. The average molecular weight is 413 g/mol. The van der Waals surface area contributed by atoms with Crippen LogP contribution in [0.15, 0.2) is 0 Å². The zero-order valence-corrected chi connectivity index (χ0v) is 19.8. The van der Waals surface area contributed by atoms with Crippen molar-refractivity contribution in [2.75, 3.05) is 13.2 Å². The molecule has 0 aromatic heterocycles. The van der Waals surface area contributed by atoms with E-state index in [1.54, 1.807) is 0 Å². The third-order valence-electron chi connectivity index (χ3n) is 5.77. The Kier molecular flexibility index (Phi) is 19.5. The molecule has 4 heteroatoms. The molecular formula is C25H48O4. The van der Waals surface area contributed by atoms with Gasteiger partial charge in [-0.05, 0) is 31.6 Å². The smallest absolute Gasteiger partial charge is 0.308 e. The number of rotatable bonds is 20. The Balaban J connectivity index is 3.44. The van der Waals surface area contributed by atoms with E-state index in [-0.39, 0.29) is 17.9 Å². The van der Waals surface area contributed by atoms with E-state index in [0.717, 1.165) is 44.9 Å². The summed E-state index contributed by atoms with van der Waals surface area (Å²) < 4.78 is 10.5. The van der Waals surface area contributed by atoms with Crippen molar-refractivity contribution < 1.29 is 19.1 Å². The van der Waals surface area contributed by atoms with Gasteiger partial charge in [-0.25, -0.2) is 0 Å². The molecule has 0 amide bonds. The molecule has 0 aliphatic carbocycles. The van der Waals surface area contributed by atoms with Crippen molar-refractivity contribution in [1.82, 2.24) is 0 Å². The summed E-state index contributed by atoms with van der Waals surface area (Å²) in [6, 6.07) is 0. The number of carbonyl (C=O) groups is 2. The van der Waals surface area contributed by atoms with Crippen LogP contribution in [0.5, 0.6) is 0 Å². The van der Waals surface area contributed by atoms with Gasteiger partial charge in [-0.3, -0.25) is 9.59 Å². The van der Waals surface area contributed by atoms with Crippen LogP contribution in [-0.4, -0.2) is 25.2 Å². The van der Waals surface area contributed by atoms with E-state index < -0.39 is 0 Å². The molecule has 0 bridgehead atoms. The molecule has 0 fully saturated rings. The second-order valence-corrected chi connectivity index (χ2v) is 8.58. The van der Waals surface area contributed by atoms with Gasteiger partial charge in [-0.2, -0.15) is 0 Å². The fraction of sp³-hybridized carbons (Fsp3) is 0.920. The summed E-state index contributed by atoms with van der Waals surface area (Å²) in [6.45, 7) is 9.53. The Hall–Kier alpha value is -1.06. The third-order valence-corrected chi connectivity index (χ3v) is 5.77. The fourth-order valence-electron chi connectivity index (χ4n) is 3.31. The van der Waals surface area contributed by atoms with E-state index in [9.17, 15) is 9.59 Å². The van der Waals surface area contributed by atoms with Crippen molar-refractivity contribution in [2.24, 2.45) is 11.8 Å². The normalized spacial score (nSPS) is 13.1. The fourth-order valence-corrected chi connectivity index (χ4v) is 3.31. The highest BCUT2D eigenvalue weighted by atomic mass is 16.5. The summed E-state index contributed by atoms with van der Waals surface area (Å²) in [5.41, 5.74) is 0.